The van der Waals surface area contributed by atoms with E-state index in [1.54, 1.807) is 9.80 Å². The van der Waals surface area contributed by atoms with Gasteiger partial charge in [-0.25, -0.2) is 0 Å². The van der Waals surface area contributed by atoms with E-state index in [1.807, 2.05) is 0 Å². The minimum atomic E-state index is -0.998. The molecule has 0 saturated heterocycles. The Morgan fingerprint density at radius 3 is 1.73 bits per heavy atom. The fourth-order valence-corrected chi connectivity index (χ4v) is 1.82. The Morgan fingerprint density at radius 2 is 1.32 bits per heavy atom. The van der Waals surface area contributed by atoms with E-state index in [2.05, 4.69) is 5.32 Å². The normalized spacial score (nSPS) is 11.0. The average molecular weight is 320 g/mol. The van der Waals surface area contributed by atoms with Crippen LogP contribution in [0, 0.1) is 0 Å². The molecule has 0 unspecified atom stereocenters. The van der Waals surface area contributed by atoms with Crippen molar-refractivity contribution in [3.63, 3.8) is 0 Å². The summed E-state index contributed by atoms with van der Waals surface area (Å²) in [6, 6.07) is 0. The summed E-state index contributed by atoms with van der Waals surface area (Å²) in [4.78, 5) is 35.1. The van der Waals surface area contributed by atoms with Crippen molar-refractivity contribution in [3.8, 4) is 0 Å². The van der Waals surface area contributed by atoms with Crippen LogP contribution in [0.1, 0.15) is 0 Å². The first-order valence-electron chi connectivity index (χ1n) is 6.86. The molecule has 0 rings (SSSR count). The Morgan fingerprint density at radius 1 is 0.818 bits per heavy atom. The fraction of sp³-hybridized carbons (Fsp3) is 0.750. The van der Waals surface area contributed by atoms with E-state index in [0.29, 0.717) is 39.3 Å². The van der Waals surface area contributed by atoms with Crippen LogP contribution in [0.5, 0.6) is 0 Å². The second-order valence-corrected chi connectivity index (χ2v) is 4.70. The first kappa shape index (κ1) is 20.2. The summed E-state index contributed by atoms with van der Waals surface area (Å²) >= 11 is 0. The summed E-state index contributed by atoms with van der Waals surface area (Å²) in [5.74, 6) is -2.96. The molecule has 10 nitrogen and oxygen atoms in total. The summed E-state index contributed by atoms with van der Waals surface area (Å²) in [6.07, 6.45) is 0. The highest BCUT2D eigenvalue weighted by molar-refractivity contribution is 5.69. The number of carbonyl (C=O) groups is 3. The SMILES string of the molecule is NCCN(CCN(CCNCC(=O)O)CC(=O)O)CC(=O)O. The molecule has 0 aromatic carbocycles. The van der Waals surface area contributed by atoms with E-state index in [9.17, 15) is 14.4 Å². The van der Waals surface area contributed by atoms with Crippen LogP contribution < -0.4 is 11.1 Å². The van der Waals surface area contributed by atoms with Crippen molar-refractivity contribution in [3.05, 3.63) is 0 Å². The van der Waals surface area contributed by atoms with Crippen LogP contribution >= 0.6 is 0 Å². The molecule has 0 aliphatic heterocycles. The third kappa shape index (κ3) is 12.0. The molecule has 0 spiro atoms. The van der Waals surface area contributed by atoms with Crippen molar-refractivity contribution >= 4 is 17.9 Å². The highest BCUT2D eigenvalue weighted by atomic mass is 16.4. The molecule has 0 radical (unpaired) electrons. The van der Waals surface area contributed by atoms with Gasteiger partial charge in [-0.3, -0.25) is 24.2 Å². The molecule has 0 amide bonds. The molecule has 0 aliphatic carbocycles. The van der Waals surface area contributed by atoms with E-state index >= 15 is 0 Å². The van der Waals surface area contributed by atoms with Crippen molar-refractivity contribution in [2.75, 3.05) is 58.9 Å². The monoisotopic (exact) mass is 320 g/mol. The van der Waals surface area contributed by atoms with Crippen molar-refractivity contribution < 1.29 is 29.7 Å². The highest BCUT2D eigenvalue weighted by Crippen LogP contribution is 1.93. The minimum absolute atomic E-state index is 0.157. The lowest BCUT2D eigenvalue weighted by Gasteiger charge is -2.25. The molecule has 6 N–H and O–H groups in total. The molecule has 0 heterocycles. The summed E-state index contributed by atoms with van der Waals surface area (Å²) in [5.41, 5.74) is 5.41. The van der Waals surface area contributed by atoms with Gasteiger partial charge in [-0.15, -0.1) is 0 Å². The van der Waals surface area contributed by atoms with Crippen molar-refractivity contribution in [1.82, 2.24) is 15.1 Å². The average Bonchev–Trinajstić information content (AvgIpc) is 2.39. The number of aliphatic carboxylic acids is 3. The Kier molecular flexibility index (Phi) is 10.9. The van der Waals surface area contributed by atoms with Gasteiger partial charge in [-0.05, 0) is 0 Å². The number of nitrogens with zero attached hydrogens (tertiary/aromatic N) is 2. The van der Waals surface area contributed by atoms with E-state index in [0.717, 1.165) is 0 Å². The number of nitrogens with two attached hydrogens (primary N) is 1. The van der Waals surface area contributed by atoms with Gasteiger partial charge < -0.3 is 26.4 Å². The maximum absolute atomic E-state index is 10.8. The van der Waals surface area contributed by atoms with Crippen molar-refractivity contribution in [1.29, 1.82) is 0 Å². The van der Waals surface area contributed by atoms with Crippen LogP contribution in [0.3, 0.4) is 0 Å². The maximum Gasteiger partial charge on any atom is 0.317 e. The number of hydrogen-bond acceptors (Lipinski definition) is 7. The second-order valence-electron chi connectivity index (χ2n) is 4.70. The van der Waals surface area contributed by atoms with E-state index in [-0.39, 0.29) is 19.6 Å². The molecule has 0 bridgehead atoms. The van der Waals surface area contributed by atoms with Crippen LogP contribution in [0.15, 0.2) is 0 Å². The molecule has 0 aromatic rings. The number of rotatable bonds is 14. The van der Waals surface area contributed by atoms with Gasteiger partial charge in [-0.1, -0.05) is 0 Å². The number of carboxylic acid groups (broad SMARTS) is 3. The second kappa shape index (κ2) is 11.9. The minimum Gasteiger partial charge on any atom is -0.480 e. The van der Waals surface area contributed by atoms with Crippen LogP contribution in [0.4, 0.5) is 0 Å². The summed E-state index contributed by atoms with van der Waals surface area (Å²) in [6.45, 7) is 1.58. The number of carboxylic acids is 3. The van der Waals surface area contributed by atoms with Gasteiger partial charge in [0.2, 0.25) is 0 Å². The Labute approximate surface area is 128 Å². The summed E-state index contributed by atoms with van der Waals surface area (Å²) < 4.78 is 0. The fourth-order valence-electron chi connectivity index (χ4n) is 1.82. The molecule has 0 atom stereocenters. The molecular formula is C12H24N4O6. The van der Waals surface area contributed by atoms with Gasteiger partial charge >= 0.3 is 17.9 Å². The Bertz CT molecular complexity index is 366. The van der Waals surface area contributed by atoms with Crippen molar-refractivity contribution in [2.45, 2.75) is 0 Å². The van der Waals surface area contributed by atoms with Crippen LogP contribution in [0.25, 0.3) is 0 Å². The number of hydrogen-bond donors (Lipinski definition) is 5. The first-order chi connectivity index (χ1) is 10.3. The van der Waals surface area contributed by atoms with E-state index in [1.165, 1.54) is 0 Å². The smallest absolute Gasteiger partial charge is 0.317 e. The molecule has 0 fully saturated rings. The van der Waals surface area contributed by atoms with Gasteiger partial charge in [0.05, 0.1) is 19.6 Å². The zero-order valence-corrected chi connectivity index (χ0v) is 12.4. The van der Waals surface area contributed by atoms with Gasteiger partial charge in [0.1, 0.15) is 0 Å². The zero-order chi connectivity index (χ0) is 17.0. The third-order valence-electron chi connectivity index (χ3n) is 2.78. The van der Waals surface area contributed by atoms with Gasteiger partial charge in [0.15, 0.2) is 0 Å². The van der Waals surface area contributed by atoms with Crippen LogP contribution in [0.2, 0.25) is 0 Å². The third-order valence-corrected chi connectivity index (χ3v) is 2.78. The van der Waals surface area contributed by atoms with Crippen LogP contribution in [-0.2, 0) is 14.4 Å². The molecule has 0 aliphatic rings. The first-order valence-corrected chi connectivity index (χ1v) is 6.86. The van der Waals surface area contributed by atoms with Gasteiger partial charge in [0.25, 0.3) is 0 Å². The van der Waals surface area contributed by atoms with E-state index < -0.39 is 17.9 Å². The topological polar surface area (TPSA) is 156 Å². The molecular weight excluding hydrogens is 296 g/mol. The lowest BCUT2D eigenvalue weighted by Crippen LogP contribution is -2.43. The standard InChI is InChI=1S/C12H24N4O6/c13-1-3-15(8-11(19)20)5-6-16(9-12(21)22)4-2-14-7-10(17)18/h14H,1-9,13H2,(H,17,18)(H,19,20)(H,21,22). The summed E-state index contributed by atoms with van der Waals surface area (Å²) in [7, 11) is 0. The molecule has 128 valence electrons. The number of nitrogens with one attached hydrogen (secondary N) is 1. The van der Waals surface area contributed by atoms with E-state index in [4.69, 9.17) is 21.1 Å². The van der Waals surface area contributed by atoms with Gasteiger partial charge in [0, 0.05) is 39.3 Å². The molecule has 22 heavy (non-hydrogen) atoms. The quantitative estimate of drug-likeness (QED) is 0.215. The lowest BCUT2D eigenvalue weighted by molar-refractivity contribution is -0.140. The molecule has 0 aromatic heterocycles. The molecule has 0 saturated carbocycles. The maximum atomic E-state index is 10.8. The Balaban J connectivity index is 4.27. The lowest BCUT2D eigenvalue weighted by atomic mass is 10.3. The van der Waals surface area contributed by atoms with Gasteiger partial charge in [-0.2, -0.15) is 0 Å². The summed E-state index contributed by atoms with van der Waals surface area (Å²) in [5, 5.41) is 28.8. The van der Waals surface area contributed by atoms with Crippen LogP contribution in [-0.4, -0.2) is 102 Å². The predicted octanol–water partition coefficient (Wildman–Crippen LogP) is -2.61. The molecule has 10 heteroatoms. The largest absolute Gasteiger partial charge is 0.480 e. The van der Waals surface area contributed by atoms with Crippen molar-refractivity contribution in [2.24, 2.45) is 5.73 Å². The Hall–Kier alpha value is -1.75. The zero-order valence-electron chi connectivity index (χ0n) is 12.4. The predicted molar refractivity (Wildman–Crippen MR) is 77.7 cm³/mol. The highest BCUT2D eigenvalue weighted by Gasteiger charge is 2.13.